The van der Waals surface area contributed by atoms with Gasteiger partial charge in [0.25, 0.3) is 0 Å². The first kappa shape index (κ1) is 24.1. The molecule has 0 amide bonds. The van der Waals surface area contributed by atoms with Crippen molar-refractivity contribution >= 4 is 29.2 Å². The van der Waals surface area contributed by atoms with Gasteiger partial charge in [-0.3, -0.25) is 0 Å². The van der Waals surface area contributed by atoms with Crippen molar-refractivity contribution in [3.63, 3.8) is 0 Å². The van der Waals surface area contributed by atoms with E-state index in [4.69, 9.17) is 11.6 Å². The molecule has 32 heavy (non-hydrogen) atoms. The van der Waals surface area contributed by atoms with Crippen molar-refractivity contribution in [2.24, 2.45) is 0 Å². The van der Waals surface area contributed by atoms with Crippen LogP contribution in [0.15, 0.2) is 59.8 Å². The van der Waals surface area contributed by atoms with Crippen molar-refractivity contribution in [3.05, 3.63) is 71.0 Å². The number of nitrogens with zero attached hydrogens (tertiary/aromatic N) is 2. The number of rotatable bonds is 6. The highest BCUT2D eigenvalue weighted by Gasteiger charge is 2.33. The van der Waals surface area contributed by atoms with E-state index in [0.29, 0.717) is 5.56 Å². The van der Waals surface area contributed by atoms with Crippen molar-refractivity contribution < 1.29 is 31.4 Å². The average molecular weight is 494 g/mol. The molecule has 1 unspecified atom stereocenters. The van der Waals surface area contributed by atoms with Gasteiger partial charge in [-0.25, -0.2) is 9.97 Å². The Balaban J connectivity index is 1.71. The number of benzene rings is 2. The van der Waals surface area contributed by atoms with E-state index >= 15 is 0 Å². The predicted molar refractivity (Wildman–Crippen MR) is 109 cm³/mol. The van der Waals surface area contributed by atoms with Gasteiger partial charge in [0, 0.05) is 23.1 Å². The zero-order chi connectivity index (χ0) is 23.5. The Morgan fingerprint density at radius 3 is 2.41 bits per heavy atom. The lowest BCUT2D eigenvalue weighted by Gasteiger charge is -2.15. The van der Waals surface area contributed by atoms with E-state index < -0.39 is 28.4 Å². The topological polar surface area (TPSA) is 58.0 Å². The van der Waals surface area contributed by atoms with Crippen LogP contribution in [0.4, 0.5) is 32.2 Å². The zero-order valence-corrected chi connectivity index (χ0v) is 17.4. The van der Waals surface area contributed by atoms with E-state index in [-0.39, 0.29) is 40.3 Å². The van der Waals surface area contributed by atoms with Crippen LogP contribution >= 0.6 is 23.4 Å². The number of hydrogen-bond donors (Lipinski definition) is 2. The summed E-state index contributed by atoms with van der Waals surface area (Å²) in [7, 11) is 0. The molecule has 0 saturated carbocycles. The number of aromatic nitrogens is 2. The fraction of sp³-hybridized carbons (Fsp3) is 0.200. The highest BCUT2D eigenvalue weighted by Crippen LogP contribution is 2.38. The van der Waals surface area contributed by atoms with Gasteiger partial charge in [0.05, 0.1) is 22.4 Å². The molecule has 0 aliphatic rings. The van der Waals surface area contributed by atoms with Gasteiger partial charge in [-0.05, 0) is 41.6 Å². The van der Waals surface area contributed by atoms with Crippen molar-refractivity contribution in [2.45, 2.75) is 22.7 Å². The summed E-state index contributed by atoms with van der Waals surface area (Å²) >= 11 is 5.46. The zero-order valence-electron chi connectivity index (χ0n) is 15.9. The number of anilines is 1. The molecule has 3 rings (SSSR count). The first-order valence-corrected chi connectivity index (χ1v) is 10.1. The predicted octanol–water partition coefficient (Wildman–Crippen LogP) is 6.57. The Morgan fingerprint density at radius 2 is 1.75 bits per heavy atom. The highest BCUT2D eigenvalue weighted by atomic mass is 35.5. The molecule has 12 heteroatoms. The van der Waals surface area contributed by atoms with Gasteiger partial charge < -0.3 is 10.4 Å². The number of aliphatic hydroxyl groups excluding tert-OH is 1. The molecule has 0 aliphatic heterocycles. The van der Waals surface area contributed by atoms with E-state index in [1.165, 1.54) is 42.7 Å². The number of hydrogen-bond acceptors (Lipinski definition) is 5. The highest BCUT2D eigenvalue weighted by molar-refractivity contribution is 8.00. The van der Waals surface area contributed by atoms with Crippen LogP contribution in [0.2, 0.25) is 5.02 Å². The molecule has 1 atom stereocenters. The van der Waals surface area contributed by atoms with Crippen LogP contribution in [0.1, 0.15) is 17.2 Å². The fourth-order valence-corrected chi connectivity index (χ4v) is 3.65. The summed E-state index contributed by atoms with van der Waals surface area (Å²) in [6.45, 7) is -0.0790. The summed E-state index contributed by atoms with van der Waals surface area (Å²) in [6.07, 6.45) is -4.54. The van der Waals surface area contributed by atoms with Crippen LogP contribution in [-0.2, 0) is 6.18 Å². The van der Waals surface area contributed by atoms with Gasteiger partial charge in [-0.15, -0.1) is 0 Å². The smallest absolute Gasteiger partial charge is 0.387 e. The van der Waals surface area contributed by atoms with Gasteiger partial charge in [-0.1, -0.05) is 29.8 Å². The minimum Gasteiger partial charge on any atom is -0.387 e. The van der Waals surface area contributed by atoms with E-state index in [0.717, 1.165) is 12.1 Å². The van der Waals surface area contributed by atoms with Crippen molar-refractivity contribution in [2.75, 3.05) is 11.9 Å². The molecule has 0 fully saturated rings. The van der Waals surface area contributed by atoms with Crippen LogP contribution < -0.4 is 5.32 Å². The molecule has 0 radical (unpaired) electrons. The first-order chi connectivity index (χ1) is 14.9. The molecular weight excluding hydrogens is 480 g/mol. The van der Waals surface area contributed by atoms with Crippen molar-refractivity contribution in [3.8, 4) is 11.3 Å². The molecular formula is C20H14ClF6N3OS. The maximum Gasteiger partial charge on any atom is 0.446 e. The second-order valence-electron chi connectivity index (χ2n) is 6.50. The van der Waals surface area contributed by atoms with E-state index in [9.17, 15) is 31.4 Å². The minimum atomic E-state index is -4.58. The third-order valence-electron chi connectivity index (χ3n) is 4.19. The fourth-order valence-electron chi connectivity index (χ4n) is 2.75. The second-order valence-corrected chi connectivity index (χ2v) is 8.04. The van der Waals surface area contributed by atoms with Gasteiger partial charge in [0.1, 0.15) is 12.1 Å². The largest absolute Gasteiger partial charge is 0.446 e. The van der Waals surface area contributed by atoms with Crippen LogP contribution in [0.5, 0.6) is 0 Å². The number of thioether (sulfide) groups is 1. The molecule has 0 bridgehead atoms. The quantitative estimate of drug-likeness (QED) is 0.300. The van der Waals surface area contributed by atoms with Crippen LogP contribution in [0.25, 0.3) is 11.3 Å². The Hall–Kier alpha value is -2.50. The molecule has 0 aliphatic carbocycles. The summed E-state index contributed by atoms with van der Waals surface area (Å²) in [6, 6.07) is 10.1. The van der Waals surface area contributed by atoms with E-state index in [1.54, 1.807) is 0 Å². The maximum atomic E-state index is 12.9. The minimum absolute atomic E-state index is 0.0578. The van der Waals surface area contributed by atoms with Crippen molar-refractivity contribution in [1.29, 1.82) is 0 Å². The molecule has 0 saturated heterocycles. The number of aliphatic hydroxyl groups is 1. The monoisotopic (exact) mass is 493 g/mol. The summed E-state index contributed by atoms with van der Waals surface area (Å²) in [4.78, 5) is 7.93. The summed E-state index contributed by atoms with van der Waals surface area (Å²) in [5, 5.41) is 12.7. The number of halogens is 7. The van der Waals surface area contributed by atoms with Crippen LogP contribution in [0.3, 0.4) is 0 Å². The molecule has 1 aromatic heterocycles. The van der Waals surface area contributed by atoms with E-state index in [2.05, 4.69) is 15.3 Å². The Kier molecular flexibility index (Phi) is 7.21. The standard InChI is InChI=1S/C20H14ClF6N3OS/c21-15-7-11(4-5-14(15)19(22,23)24)16-8-18(30-10-29-16)28-9-17(31)12-2-1-3-13(6-12)32-20(25,26)27/h1-8,10,17,31H,9H2,(H,28,29,30). The van der Waals surface area contributed by atoms with Gasteiger partial charge in [-0.2, -0.15) is 26.3 Å². The lowest BCUT2D eigenvalue weighted by molar-refractivity contribution is -0.137. The Labute approximate surface area is 187 Å². The first-order valence-electron chi connectivity index (χ1n) is 8.89. The van der Waals surface area contributed by atoms with E-state index in [1.807, 2.05) is 0 Å². The van der Waals surface area contributed by atoms with Crippen LogP contribution in [0, 0.1) is 0 Å². The average Bonchev–Trinajstić information content (AvgIpc) is 2.70. The molecule has 2 aromatic carbocycles. The van der Waals surface area contributed by atoms with Crippen LogP contribution in [-0.4, -0.2) is 27.1 Å². The van der Waals surface area contributed by atoms with Gasteiger partial charge in [0.15, 0.2) is 0 Å². The van der Waals surface area contributed by atoms with Gasteiger partial charge >= 0.3 is 11.7 Å². The Bertz CT molecular complexity index is 1090. The summed E-state index contributed by atoms with van der Waals surface area (Å²) < 4.78 is 76.2. The van der Waals surface area contributed by atoms with Crippen molar-refractivity contribution in [1.82, 2.24) is 9.97 Å². The lowest BCUT2D eigenvalue weighted by Crippen LogP contribution is -2.13. The number of nitrogens with one attached hydrogen (secondary N) is 1. The molecule has 170 valence electrons. The lowest BCUT2D eigenvalue weighted by atomic mass is 10.1. The molecule has 2 N–H and O–H groups in total. The third-order valence-corrected chi connectivity index (χ3v) is 5.22. The number of alkyl halides is 6. The maximum absolute atomic E-state index is 12.9. The van der Waals surface area contributed by atoms with Gasteiger partial charge in [0.2, 0.25) is 0 Å². The SMILES string of the molecule is OC(CNc1cc(-c2ccc(C(F)(F)F)c(Cl)c2)ncn1)c1cccc(SC(F)(F)F)c1. The molecule has 1 heterocycles. The molecule has 4 nitrogen and oxygen atoms in total. The molecule has 0 spiro atoms. The normalized spacial score (nSPS) is 13.1. The summed E-state index contributed by atoms with van der Waals surface area (Å²) in [5.41, 5.74) is -4.53. The second kappa shape index (κ2) is 9.55. The Morgan fingerprint density at radius 1 is 1.00 bits per heavy atom. The molecule has 3 aromatic rings. The summed E-state index contributed by atoms with van der Waals surface area (Å²) in [5.74, 6) is 0.255. The third kappa shape index (κ3) is 6.50.